The molecule has 3 heterocycles. The SMILES string of the molecule is Cc1cccc(N)c1C(=O)N1CCCC[C@H]1c1cc2nc(C)c(C)c(=O)n2[nH]1. The van der Waals surface area contributed by atoms with Crippen LogP contribution in [0.25, 0.3) is 5.65 Å². The topological polar surface area (TPSA) is 96.5 Å². The number of aryl methyl sites for hydroxylation is 2. The Hall–Kier alpha value is -3.09. The van der Waals surface area contributed by atoms with Crippen molar-refractivity contribution >= 4 is 17.2 Å². The van der Waals surface area contributed by atoms with E-state index in [0.29, 0.717) is 29.0 Å². The van der Waals surface area contributed by atoms with Gasteiger partial charge in [-0.05, 0) is 51.7 Å². The maximum absolute atomic E-state index is 13.4. The highest BCUT2D eigenvalue weighted by Crippen LogP contribution is 2.33. The number of carbonyl (C=O) groups excluding carboxylic acids is 1. The molecule has 28 heavy (non-hydrogen) atoms. The van der Waals surface area contributed by atoms with Crippen molar-refractivity contribution in [3.63, 3.8) is 0 Å². The summed E-state index contributed by atoms with van der Waals surface area (Å²) in [6.45, 7) is 6.17. The maximum atomic E-state index is 13.4. The number of nitrogens with two attached hydrogens (primary N) is 1. The van der Waals surface area contributed by atoms with Gasteiger partial charge in [-0.25, -0.2) is 9.50 Å². The average Bonchev–Trinajstić information content (AvgIpc) is 3.10. The van der Waals surface area contributed by atoms with Crippen LogP contribution in [0.15, 0.2) is 29.1 Å². The van der Waals surface area contributed by atoms with Crippen molar-refractivity contribution in [1.29, 1.82) is 0 Å². The third-order valence-electron chi connectivity index (χ3n) is 5.74. The van der Waals surface area contributed by atoms with E-state index in [1.54, 1.807) is 13.0 Å². The molecule has 0 spiro atoms. The molecule has 146 valence electrons. The van der Waals surface area contributed by atoms with Gasteiger partial charge in [-0.2, -0.15) is 0 Å². The van der Waals surface area contributed by atoms with Gasteiger partial charge in [0.1, 0.15) is 0 Å². The lowest BCUT2D eigenvalue weighted by Crippen LogP contribution is -2.39. The van der Waals surface area contributed by atoms with E-state index in [2.05, 4.69) is 10.1 Å². The number of benzene rings is 1. The van der Waals surface area contributed by atoms with Crippen LogP contribution in [-0.4, -0.2) is 31.9 Å². The van der Waals surface area contributed by atoms with Crippen molar-refractivity contribution in [3.05, 3.63) is 62.7 Å². The third-order valence-corrected chi connectivity index (χ3v) is 5.74. The molecule has 0 radical (unpaired) electrons. The fourth-order valence-electron chi connectivity index (χ4n) is 4.03. The molecule has 4 rings (SSSR count). The Bertz CT molecular complexity index is 1110. The zero-order valence-corrected chi connectivity index (χ0v) is 16.5. The van der Waals surface area contributed by atoms with Gasteiger partial charge in [-0.15, -0.1) is 0 Å². The van der Waals surface area contributed by atoms with E-state index in [4.69, 9.17) is 5.73 Å². The van der Waals surface area contributed by atoms with Crippen molar-refractivity contribution in [2.75, 3.05) is 12.3 Å². The van der Waals surface area contributed by atoms with Crippen LogP contribution < -0.4 is 11.3 Å². The Morgan fingerprint density at radius 2 is 2.04 bits per heavy atom. The molecule has 1 atom stereocenters. The summed E-state index contributed by atoms with van der Waals surface area (Å²) >= 11 is 0. The van der Waals surface area contributed by atoms with Gasteiger partial charge in [0.25, 0.3) is 11.5 Å². The Kier molecular flexibility index (Phi) is 4.45. The molecule has 3 N–H and O–H groups in total. The molecule has 1 amide bonds. The van der Waals surface area contributed by atoms with Crippen LogP contribution in [0.1, 0.15) is 58.2 Å². The van der Waals surface area contributed by atoms with Crippen molar-refractivity contribution in [2.45, 2.75) is 46.1 Å². The lowest BCUT2D eigenvalue weighted by Gasteiger charge is -2.35. The predicted octanol–water partition coefficient (Wildman–Crippen LogP) is 2.90. The third kappa shape index (κ3) is 2.87. The number of piperidine rings is 1. The molecule has 0 bridgehead atoms. The number of nitrogens with one attached hydrogen (secondary N) is 1. The minimum absolute atomic E-state index is 0.0633. The summed E-state index contributed by atoms with van der Waals surface area (Å²) in [7, 11) is 0. The predicted molar refractivity (Wildman–Crippen MR) is 109 cm³/mol. The highest BCUT2D eigenvalue weighted by molar-refractivity contribution is 6.00. The monoisotopic (exact) mass is 379 g/mol. The number of H-pyrrole nitrogens is 1. The second-order valence-electron chi connectivity index (χ2n) is 7.58. The lowest BCUT2D eigenvalue weighted by atomic mass is 9.96. The zero-order valence-electron chi connectivity index (χ0n) is 16.5. The summed E-state index contributed by atoms with van der Waals surface area (Å²) < 4.78 is 1.47. The highest BCUT2D eigenvalue weighted by Gasteiger charge is 2.31. The van der Waals surface area contributed by atoms with Gasteiger partial charge in [-0.1, -0.05) is 12.1 Å². The number of hydrogen-bond acceptors (Lipinski definition) is 4. The molecule has 1 fully saturated rings. The molecule has 1 saturated heterocycles. The van der Waals surface area contributed by atoms with E-state index in [9.17, 15) is 9.59 Å². The number of carbonyl (C=O) groups is 1. The smallest absolute Gasteiger partial charge is 0.275 e. The molecular formula is C21H25N5O2. The molecule has 0 aliphatic carbocycles. The normalized spacial score (nSPS) is 17.2. The molecule has 7 heteroatoms. The van der Waals surface area contributed by atoms with E-state index in [1.165, 1.54) is 4.52 Å². The summed E-state index contributed by atoms with van der Waals surface area (Å²) in [5, 5.41) is 3.18. The van der Waals surface area contributed by atoms with Crippen LogP contribution in [0.5, 0.6) is 0 Å². The fraction of sp³-hybridized carbons (Fsp3) is 0.381. The van der Waals surface area contributed by atoms with Gasteiger partial charge in [0, 0.05) is 29.6 Å². The molecule has 0 saturated carbocycles. The number of anilines is 1. The fourth-order valence-corrected chi connectivity index (χ4v) is 4.03. The summed E-state index contributed by atoms with van der Waals surface area (Å²) in [4.78, 5) is 32.3. The first-order valence-electron chi connectivity index (χ1n) is 9.63. The number of hydrogen-bond donors (Lipinski definition) is 2. The van der Waals surface area contributed by atoms with Crippen LogP contribution in [0.4, 0.5) is 5.69 Å². The van der Waals surface area contributed by atoms with Crippen LogP contribution in [0, 0.1) is 20.8 Å². The number of amides is 1. The van der Waals surface area contributed by atoms with E-state index in [-0.39, 0.29) is 17.5 Å². The second kappa shape index (κ2) is 6.82. The van der Waals surface area contributed by atoms with Crippen LogP contribution in [0.2, 0.25) is 0 Å². The quantitative estimate of drug-likeness (QED) is 0.669. The Labute approximate surface area is 163 Å². The lowest BCUT2D eigenvalue weighted by molar-refractivity contribution is 0.0606. The number of nitrogens with zero attached hydrogens (tertiary/aromatic N) is 3. The first kappa shape index (κ1) is 18.3. The Morgan fingerprint density at radius 3 is 2.79 bits per heavy atom. The molecule has 3 aromatic rings. The van der Waals surface area contributed by atoms with Crippen molar-refractivity contribution in [2.24, 2.45) is 0 Å². The van der Waals surface area contributed by atoms with Gasteiger partial charge in [0.2, 0.25) is 0 Å². The molecule has 2 aromatic heterocycles. The van der Waals surface area contributed by atoms with Crippen LogP contribution >= 0.6 is 0 Å². The molecular weight excluding hydrogens is 354 g/mol. The number of rotatable bonds is 2. The maximum Gasteiger partial charge on any atom is 0.275 e. The standard InChI is InChI=1S/C21H25N5O2/c1-12-7-6-8-15(22)19(12)21(28)25-10-5-4-9-17(25)16-11-18-23-14(3)13(2)20(27)26(18)24-16/h6-8,11,17,24H,4-5,9-10,22H2,1-3H3/t17-/m0/s1. The van der Waals surface area contributed by atoms with Crippen molar-refractivity contribution in [3.8, 4) is 0 Å². The average molecular weight is 379 g/mol. The molecule has 1 aliphatic heterocycles. The number of nitrogen functional groups attached to an aromatic ring is 1. The molecule has 1 aliphatic rings. The molecule has 7 nitrogen and oxygen atoms in total. The van der Waals surface area contributed by atoms with Gasteiger partial charge < -0.3 is 10.6 Å². The van der Waals surface area contributed by atoms with Gasteiger partial charge in [-0.3, -0.25) is 14.7 Å². The van der Waals surface area contributed by atoms with Crippen LogP contribution in [-0.2, 0) is 0 Å². The largest absolute Gasteiger partial charge is 0.398 e. The van der Waals surface area contributed by atoms with E-state index in [1.807, 2.05) is 36.9 Å². The van der Waals surface area contributed by atoms with Gasteiger partial charge >= 0.3 is 0 Å². The highest BCUT2D eigenvalue weighted by atomic mass is 16.2. The van der Waals surface area contributed by atoms with E-state index in [0.717, 1.165) is 36.2 Å². The summed E-state index contributed by atoms with van der Waals surface area (Å²) in [6.07, 6.45) is 2.80. The minimum Gasteiger partial charge on any atom is -0.398 e. The first-order valence-corrected chi connectivity index (χ1v) is 9.63. The van der Waals surface area contributed by atoms with Crippen LogP contribution in [0.3, 0.4) is 0 Å². The van der Waals surface area contributed by atoms with E-state index >= 15 is 0 Å². The van der Waals surface area contributed by atoms with Crippen molar-refractivity contribution in [1.82, 2.24) is 19.5 Å². The minimum atomic E-state index is -0.137. The number of likely N-dealkylation sites (tertiary alicyclic amines) is 1. The van der Waals surface area contributed by atoms with Gasteiger partial charge in [0.15, 0.2) is 5.65 Å². The van der Waals surface area contributed by atoms with Crippen molar-refractivity contribution < 1.29 is 4.79 Å². The summed E-state index contributed by atoms with van der Waals surface area (Å²) in [5.41, 5.74) is 10.7. The second-order valence-corrected chi connectivity index (χ2v) is 7.58. The summed E-state index contributed by atoms with van der Waals surface area (Å²) in [6, 6.07) is 7.26. The number of fused-ring (bicyclic) bond motifs is 1. The van der Waals surface area contributed by atoms with Gasteiger partial charge in [0.05, 0.1) is 17.3 Å². The summed E-state index contributed by atoms with van der Waals surface area (Å²) in [5.74, 6) is -0.0633. The Balaban J connectivity index is 1.78. The molecule has 1 aromatic carbocycles. The first-order chi connectivity index (χ1) is 13.4. The zero-order chi connectivity index (χ0) is 20.0. The Morgan fingerprint density at radius 1 is 1.25 bits per heavy atom. The number of aromatic nitrogens is 3. The van der Waals surface area contributed by atoms with E-state index < -0.39 is 0 Å². The molecule has 0 unspecified atom stereocenters. The number of aromatic amines is 1.